The van der Waals surface area contributed by atoms with Crippen molar-refractivity contribution in [2.24, 2.45) is 0 Å². The molecule has 2 rings (SSSR count). The van der Waals surface area contributed by atoms with Gasteiger partial charge in [-0.15, -0.1) is 0 Å². The molecule has 0 saturated carbocycles. The molecular weight excluding hydrogens is 227 g/mol. The van der Waals surface area contributed by atoms with Crippen molar-refractivity contribution < 1.29 is 4.39 Å². The lowest BCUT2D eigenvalue weighted by Crippen LogP contribution is -2.07. The standard InChI is InChI=1S/C15H17FN2/c1-3-12-4-6-13(7-5-12)11(2)18-14-8-9-17-15(16)10-14/h4-11H,3H2,1-2H3,(H,17,18). The third-order valence-electron chi connectivity index (χ3n) is 3.00. The Kier molecular flexibility index (Phi) is 3.92. The van der Waals surface area contributed by atoms with E-state index in [0.717, 1.165) is 12.1 Å². The van der Waals surface area contributed by atoms with Crippen LogP contribution in [0.25, 0.3) is 0 Å². The average molecular weight is 244 g/mol. The van der Waals surface area contributed by atoms with E-state index in [-0.39, 0.29) is 6.04 Å². The first-order valence-corrected chi connectivity index (χ1v) is 6.16. The summed E-state index contributed by atoms with van der Waals surface area (Å²) in [6.45, 7) is 4.19. The molecule has 0 amide bonds. The Morgan fingerprint density at radius 1 is 1.22 bits per heavy atom. The van der Waals surface area contributed by atoms with E-state index in [0.29, 0.717) is 0 Å². The Morgan fingerprint density at radius 3 is 2.56 bits per heavy atom. The van der Waals surface area contributed by atoms with Crippen molar-refractivity contribution in [1.29, 1.82) is 0 Å². The van der Waals surface area contributed by atoms with Gasteiger partial charge in [-0.2, -0.15) is 4.39 Å². The first-order valence-electron chi connectivity index (χ1n) is 6.16. The Balaban J connectivity index is 2.09. The maximum absolute atomic E-state index is 13.0. The van der Waals surface area contributed by atoms with Crippen LogP contribution in [0.2, 0.25) is 0 Å². The van der Waals surface area contributed by atoms with Crippen molar-refractivity contribution in [2.45, 2.75) is 26.3 Å². The summed E-state index contributed by atoms with van der Waals surface area (Å²) in [7, 11) is 0. The van der Waals surface area contributed by atoms with E-state index in [9.17, 15) is 4.39 Å². The van der Waals surface area contributed by atoms with E-state index in [2.05, 4.69) is 48.4 Å². The van der Waals surface area contributed by atoms with Gasteiger partial charge in [0.25, 0.3) is 0 Å². The number of halogens is 1. The van der Waals surface area contributed by atoms with Gasteiger partial charge in [-0.25, -0.2) is 4.98 Å². The third kappa shape index (κ3) is 3.06. The third-order valence-corrected chi connectivity index (χ3v) is 3.00. The zero-order valence-corrected chi connectivity index (χ0v) is 10.7. The van der Waals surface area contributed by atoms with Crippen LogP contribution in [0.3, 0.4) is 0 Å². The second kappa shape index (κ2) is 5.63. The normalized spacial score (nSPS) is 12.2. The number of aryl methyl sites for hydroxylation is 1. The van der Waals surface area contributed by atoms with E-state index >= 15 is 0 Å². The van der Waals surface area contributed by atoms with Gasteiger partial charge < -0.3 is 5.32 Å². The molecule has 0 spiro atoms. The van der Waals surface area contributed by atoms with Gasteiger partial charge in [-0.1, -0.05) is 31.2 Å². The molecule has 2 aromatic rings. The molecule has 0 aliphatic rings. The summed E-state index contributed by atoms with van der Waals surface area (Å²) in [5.41, 5.74) is 3.25. The number of pyridine rings is 1. The summed E-state index contributed by atoms with van der Waals surface area (Å²) in [5.74, 6) is -0.464. The van der Waals surface area contributed by atoms with Crippen molar-refractivity contribution in [3.05, 3.63) is 59.7 Å². The molecule has 18 heavy (non-hydrogen) atoms. The van der Waals surface area contributed by atoms with Crippen LogP contribution in [0.15, 0.2) is 42.6 Å². The average Bonchev–Trinajstić information content (AvgIpc) is 2.39. The molecule has 1 atom stereocenters. The van der Waals surface area contributed by atoms with Crippen LogP contribution in [0, 0.1) is 5.95 Å². The van der Waals surface area contributed by atoms with E-state index in [4.69, 9.17) is 0 Å². The highest BCUT2D eigenvalue weighted by molar-refractivity contribution is 5.44. The molecule has 1 heterocycles. The Bertz CT molecular complexity index is 508. The number of rotatable bonds is 4. The first-order chi connectivity index (χ1) is 8.69. The molecule has 3 heteroatoms. The van der Waals surface area contributed by atoms with E-state index in [1.165, 1.54) is 23.4 Å². The van der Waals surface area contributed by atoms with Crippen molar-refractivity contribution in [3.63, 3.8) is 0 Å². The molecule has 0 radical (unpaired) electrons. The predicted molar refractivity (Wildman–Crippen MR) is 72.1 cm³/mol. The minimum absolute atomic E-state index is 0.137. The lowest BCUT2D eigenvalue weighted by molar-refractivity contribution is 0.584. The predicted octanol–water partition coefficient (Wildman–Crippen LogP) is 3.96. The molecule has 0 bridgehead atoms. The number of hydrogen-bond donors (Lipinski definition) is 1. The molecule has 94 valence electrons. The van der Waals surface area contributed by atoms with Gasteiger partial charge in [0.2, 0.25) is 5.95 Å². The van der Waals surface area contributed by atoms with Crippen LogP contribution in [0.4, 0.5) is 10.1 Å². The summed E-state index contributed by atoms with van der Waals surface area (Å²) in [4.78, 5) is 3.54. The molecule has 0 aliphatic heterocycles. The molecule has 1 N–H and O–H groups in total. The van der Waals surface area contributed by atoms with Gasteiger partial charge in [0.05, 0.1) is 0 Å². The number of nitrogens with one attached hydrogen (secondary N) is 1. The summed E-state index contributed by atoms with van der Waals surface area (Å²) in [6, 6.07) is 11.8. The minimum atomic E-state index is -0.464. The summed E-state index contributed by atoms with van der Waals surface area (Å²) in [6.07, 6.45) is 2.50. The fourth-order valence-electron chi connectivity index (χ4n) is 1.87. The van der Waals surface area contributed by atoms with Gasteiger partial charge in [0.1, 0.15) is 0 Å². The number of hydrogen-bond acceptors (Lipinski definition) is 2. The summed E-state index contributed by atoms with van der Waals surface area (Å²) < 4.78 is 13.0. The zero-order valence-electron chi connectivity index (χ0n) is 10.7. The quantitative estimate of drug-likeness (QED) is 0.823. The molecule has 1 unspecified atom stereocenters. The molecule has 0 fully saturated rings. The van der Waals surface area contributed by atoms with Crippen LogP contribution in [0.5, 0.6) is 0 Å². The first kappa shape index (κ1) is 12.6. The number of benzene rings is 1. The van der Waals surface area contributed by atoms with Gasteiger partial charge in [-0.05, 0) is 30.5 Å². The van der Waals surface area contributed by atoms with Crippen LogP contribution in [-0.2, 0) is 6.42 Å². The molecule has 0 aliphatic carbocycles. The van der Waals surface area contributed by atoms with E-state index < -0.39 is 5.95 Å². The maximum Gasteiger partial charge on any atom is 0.214 e. The molecular formula is C15H17FN2. The second-order valence-corrected chi connectivity index (χ2v) is 4.33. The minimum Gasteiger partial charge on any atom is -0.378 e. The second-order valence-electron chi connectivity index (χ2n) is 4.33. The van der Waals surface area contributed by atoms with Crippen LogP contribution in [0.1, 0.15) is 31.0 Å². The van der Waals surface area contributed by atoms with Gasteiger partial charge in [-0.3, -0.25) is 0 Å². The number of aromatic nitrogens is 1. The Morgan fingerprint density at radius 2 is 1.94 bits per heavy atom. The molecule has 1 aromatic carbocycles. The number of nitrogens with zero attached hydrogens (tertiary/aromatic N) is 1. The van der Waals surface area contributed by atoms with Gasteiger partial charge in [0, 0.05) is 24.0 Å². The SMILES string of the molecule is CCc1ccc(C(C)Nc2ccnc(F)c2)cc1. The zero-order chi connectivity index (χ0) is 13.0. The highest BCUT2D eigenvalue weighted by atomic mass is 19.1. The fraction of sp³-hybridized carbons (Fsp3) is 0.267. The molecule has 2 nitrogen and oxygen atoms in total. The lowest BCUT2D eigenvalue weighted by atomic mass is 10.0. The smallest absolute Gasteiger partial charge is 0.214 e. The van der Waals surface area contributed by atoms with E-state index in [1.54, 1.807) is 6.07 Å². The van der Waals surface area contributed by atoms with Crippen LogP contribution < -0.4 is 5.32 Å². The van der Waals surface area contributed by atoms with Crippen molar-refractivity contribution in [1.82, 2.24) is 4.98 Å². The van der Waals surface area contributed by atoms with Crippen molar-refractivity contribution in [2.75, 3.05) is 5.32 Å². The monoisotopic (exact) mass is 244 g/mol. The number of anilines is 1. The fourth-order valence-corrected chi connectivity index (χ4v) is 1.87. The van der Waals surface area contributed by atoms with Crippen LogP contribution in [-0.4, -0.2) is 4.98 Å². The summed E-state index contributed by atoms with van der Waals surface area (Å²) in [5, 5.41) is 3.26. The lowest BCUT2D eigenvalue weighted by Gasteiger charge is -2.16. The Hall–Kier alpha value is -1.90. The van der Waals surface area contributed by atoms with E-state index in [1.807, 2.05) is 0 Å². The highest BCUT2D eigenvalue weighted by Gasteiger charge is 2.05. The Labute approximate surface area is 107 Å². The van der Waals surface area contributed by atoms with Crippen LogP contribution >= 0.6 is 0 Å². The van der Waals surface area contributed by atoms with Gasteiger partial charge >= 0.3 is 0 Å². The largest absolute Gasteiger partial charge is 0.378 e. The molecule has 1 aromatic heterocycles. The maximum atomic E-state index is 13.0. The van der Waals surface area contributed by atoms with Crippen molar-refractivity contribution in [3.8, 4) is 0 Å². The van der Waals surface area contributed by atoms with Gasteiger partial charge in [0.15, 0.2) is 0 Å². The molecule has 0 saturated heterocycles. The highest BCUT2D eigenvalue weighted by Crippen LogP contribution is 2.19. The topological polar surface area (TPSA) is 24.9 Å². The summed E-state index contributed by atoms with van der Waals surface area (Å²) >= 11 is 0. The van der Waals surface area contributed by atoms with Crippen molar-refractivity contribution >= 4 is 5.69 Å².